The Kier molecular flexibility index (Phi) is 9.12. The average Bonchev–Trinajstić information content (AvgIpc) is 3.29. The lowest BCUT2D eigenvalue weighted by atomic mass is 10.1. The Labute approximate surface area is 155 Å². The number of hydrogen-bond acceptors (Lipinski definition) is 2. The van der Waals surface area contributed by atoms with Crippen LogP contribution in [0.1, 0.15) is 31.4 Å². The minimum atomic E-state index is -0.0833. The molecule has 1 aliphatic carbocycles. The summed E-state index contributed by atoms with van der Waals surface area (Å²) >= 11 is 6.03. The second kappa shape index (κ2) is 10.3. The van der Waals surface area contributed by atoms with Gasteiger partial charge >= 0.3 is 0 Å². The van der Waals surface area contributed by atoms with Gasteiger partial charge in [0.2, 0.25) is 0 Å². The molecule has 0 amide bonds. The molecule has 0 spiro atoms. The van der Waals surface area contributed by atoms with E-state index in [4.69, 9.17) is 16.3 Å². The maximum Gasteiger partial charge on any atom is 0.191 e. The van der Waals surface area contributed by atoms with Crippen molar-refractivity contribution in [3.63, 3.8) is 0 Å². The van der Waals surface area contributed by atoms with Gasteiger partial charge in [-0.05, 0) is 43.4 Å². The van der Waals surface area contributed by atoms with Gasteiger partial charge in [-0.2, -0.15) is 0 Å². The van der Waals surface area contributed by atoms with Gasteiger partial charge in [0, 0.05) is 25.2 Å². The predicted molar refractivity (Wildman–Crippen MR) is 103 cm³/mol. The summed E-state index contributed by atoms with van der Waals surface area (Å²) in [5.74, 6) is 1.67. The molecule has 2 rings (SSSR count). The second-order valence-corrected chi connectivity index (χ2v) is 5.76. The first-order valence-electron chi connectivity index (χ1n) is 7.53. The molecule has 0 aromatic heterocycles. The first-order chi connectivity index (χ1) is 10.2. The van der Waals surface area contributed by atoms with Crippen molar-refractivity contribution in [2.24, 2.45) is 10.9 Å². The SMILES string of the molecule is CCNC(=NCC(OC)c1cccc(Cl)c1)NCC1CC1.I. The van der Waals surface area contributed by atoms with Crippen LogP contribution in [0.15, 0.2) is 29.3 Å². The van der Waals surface area contributed by atoms with Gasteiger partial charge in [0.1, 0.15) is 6.10 Å². The number of aliphatic imine (C=N–C) groups is 1. The van der Waals surface area contributed by atoms with Crippen molar-refractivity contribution in [1.29, 1.82) is 0 Å². The van der Waals surface area contributed by atoms with Crippen molar-refractivity contribution in [2.45, 2.75) is 25.9 Å². The number of nitrogens with zero attached hydrogens (tertiary/aromatic N) is 1. The summed E-state index contributed by atoms with van der Waals surface area (Å²) in [6.45, 7) is 4.49. The third kappa shape index (κ3) is 6.71. The molecule has 1 aromatic carbocycles. The molecule has 0 aliphatic heterocycles. The monoisotopic (exact) mass is 437 g/mol. The van der Waals surface area contributed by atoms with Gasteiger partial charge < -0.3 is 15.4 Å². The summed E-state index contributed by atoms with van der Waals surface area (Å²) in [6, 6.07) is 7.74. The summed E-state index contributed by atoms with van der Waals surface area (Å²) in [7, 11) is 1.70. The van der Waals surface area contributed by atoms with Crippen LogP contribution >= 0.6 is 35.6 Å². The quantitative estimate of drug-likeness (QED) is 0.389. The lowest BCUT2D eigenvalue weighted by molar-refractivity contribution is 0.111. The Morgan fingerprint density at radius 3 is 2.77 bits per heavy atom. The third-order valence-corrected chi connectivity index (χ3v) is 3.75. The van der Waals surface area contributed by atoms with Gasteiger partial charge in [-0.1, -0.05) is 23.7 Å². The second-order valence-electron chi connectivity index (χ2n) is 5.32. The fraction of sp³-hybridized carbons (Fsp3) is 0.562. The standard InChI is InChI=1S/C16H24ClN3O.HI/c1-3-18-16(19-10-12-7-8-12)20-11-15(21-2)13-5-4-6-14(17)9-13;/h4-6,9,12,15H,3,7-8,10-11H2,1-2H3,(H2,18,19,20);1H. The Morgan fingerprint density at radius 1 is 1.41 bits per heavy atom. The fourth-order valence-corrected chi connectivity index (χ4v) is 2.30. The zero-order valence-corrected chi connectivity index (χ0v) is 16.2. The van der Waals surface area contributed by atoms with Crippen LogP contribution in [0.4, 0.5) is 0 Å². The normalized spacial score (nSPS) is 15.9. The average molecular weight is 438 g/mol. The minimum absolute atomic E-state index is 0. The lowest BCUT2D eigenvalue weighted by Gasteiger charge is -2.16. The van der Waals surface area contributed by atoms with Gasteiger partial charge in [-0.25, -0.2) is 0 Å². The molecular weight excluding hydrogens is 413 g/mol. The summed E-state index contributed by atoms with van der Waals surface area (Å²) in [5, 5.41) is 7.37. The largest absolute Gasteiger partial charge is 0.375 e. The van der Waals surface area contributed by atoms with Crippen molar-refractivity contribution in [3.8, 4) is 0 Å². The zero-order valence-electron chi connectivity index (χ0n) is 13.1. The molecule has 0 saturated heterocycles. The molecule has 1 atom stereocenters. The Hall–Kier alpha value is -0.530. The van der Waals surface area contributed by atoms with E-state index in [1.165, 1.54) is 12.8 Å². The summed E-state index contributed by atoms with van der Waals surface area (Å²) in [6.07, 6.45) is 2.57. The van der Waals surface area contributed by atoms with Crippen LogP contribution in [0.3, 0.4) is 0 Å². The molecular formula is C16H25ClIN3O. The van der Waals surface area contributed by atoms with E-state index >= 15 is 0 Å². The molecule has 1 saturated carbocycles. The number of benzene rings is 1. The molecule has 1 fully saturated rings. The molecule has 0 heterocycles. The van der Waals surface area contributed by atoms with Gasteiger partial charge in [-0.3, -0.25) is 4.99 Å². The van der Waals surface area contributed by atoms with Crippen LogP contribution in [-0.2, 0) is 4.74 Å². The third-order valence-electron chi connectivity index (χ3n) is 3.52. The highest BCUT2D eigenvalue weighted by Crippen LogP contribution is 2.27. The number of hydrogen-bond donors (Lipinski definition) is 2. The van der Waals surface area contributed by atoms with Crippen LogP contribution in [0.25, 0.3) is 0 Å². The van der Waals surface area contributed by atoms with E-state index in [1.54, 1.807) is 7.11 Å². The molecule has 1 aromatic rings. The minimum Gasteiger partial charge on any atom is -0.375 e. The number of nitrogens with one attached hydrogen (secondary N) is 2. The van der Waals surface area contributed by atoms with Crippen LogP contribution in [0.2, 0.25) is 5.02 Å². The van der Waals surface area contributed by atoms with E-state index in [1.807, 2.05) is 24.3 Å². The molecule has 2 N–H and O–H groups in total. The Morgan fingerprint density at radius 2 is 2.18 bits per heavy atom. The van der Waals surface area contributed by atoms with E-state index < -0.39 is 0 Å². The zero-order chi connectivity index (χ0) is 15.1. The van der Waals surface area contributed by atoms with E-state index in [2.05, 4.69) is 22.5 Å². The van der Waals surface area contributed by atoms with E-state index in [-0.39, 0.29) is 30.1 Å². The predicted octanol–water partition coefficient (Wildman–Crippen LogP) is 3.61. The van der Waals surface area contributed by atoms with Gasteiger partial charge in [-0.15, -0.1) is 24.0 Å². The van der Waals surface area contributed by atoms with Crippen LogP contribution < -0.4 is 10.6 Å². The molecule has 0 bridgehead atoms. The van der Waals surface area contributed by atoms with Crippen molar-refractivity contribution in [2.75, 3.05) is 26.7 Å². The maximum absolute atomic E-state index is 6.03. The van der Waals surface area contributed by atoms with Crippen molar-refractivity contribution in [1.82, 2.24) is 10.6 Å². The smallest absolute Gasteiger partial charge is 0.191 e. The molecule has 1 aliphatic rings. The first kappa shape index (κ1) is 19.5. The van der Waals surface area contributed by atoms with E-state index in [9.17, 15) is 0 Å². The van der Waals surface area contributed by atoms with E-state index in [0.717, 1.165) is 35.6 Å². The number of halogens is 2. The number of ether oxygens (including phenoxy) is 1. The van der Waals surface area contributed by atoms with Gasteiger partial charge in [0.25, 0.3) is 0 Å². The Balaban J connectivity index is 0.00000242. The molecule has 22 heavy (non-hydrogen) atoms. The Bertz CT molecular complexity index is 480. The highest BCUT2D eigenvalue weighted by atomic mass is 127. The van der Waals surface area contributed by atoms with Gasteiger partial charge in [0.15, 0.2) is 5.96 Å². The van der Waals surface area contributed by atoms with Crippen LogP contribution in [-0.4, -0.2) is 32.7 Å². The summed E-state index contributed by atoms with van der Waals surface area (Å²) in [5.41, 5.74) is 1.05. The number of methoxy groups -OCH3 is 1. The molecule has 6 heteroatoms. The lowest BCUT2D eigenvalue weighted by Crippen LogP contribution is -2.38. The topological polar surface area (TPSA) is 45.7 Å². The van der Waals surface area contributed by atoms with Crippen LogP contribution in [0.5, 0.6) is 0 Å². The number of rotatable bonds is 7. The van der Waals surface area contributed by atoms with Crippen LogP contribution in [0, 0.1) is 5.92 Å². The fourth-order valence-electron chi connectivity index (χ4n) is 2.10. The highest BCUT2D eigenvalue weighted by Gasteiger charge is 2.21. The maximum atomic E-state index is 6.03. The highest BCUT2D eigenvalue weighted by molar-refractivity contribution is 14.0. The summed E-state index contributed by atoms with van der Waals surface area (Å²) < 4.78 is 5.54. The molecule has 4 nitrogen and oxygen atoms in total. The van der Waals surface area contributed by atoms with Crippen molar-refractivity contribution in [3.05, 3.63) is 34.9 Å². The van der Waals surface area contributed by atoms with Gasteiger partial charge in [0.05, 0.1) is 6.54 Å². The molecule has 124 valence electrons. The van der Waals surface area contributed by atoms with Crippen molar-refractivity contribution >= 4 is 41.5 Å². The van der Waals surface area contributed by atoms with Crippen molar-refractivity contribution < 1.29 is 4.74 Å². The first-order valence-corrected chi connectivity index (χ1v) is 7.91. The number of guanidine groups is 1. The van der Waals surface area contributed by atoms with E-state index in [0.29, 0.717) is 6.54 Å². The summed E-state index contributed by atoms with van der Waals surface area (Å²) in [4.78, 5) is 4.62. The molecule has 1 unspecified atom stereocenters. The molecule has 0 radical (unpaired) electrons.